The van der Waals surface area contributed by atoms with Crippen LogP contribution in [0.5, 0.6) is 0 Å². The van der Waals surface area contributed by atoms with Crippen molar-refractivity contribution in [3.63, 3.8) is 0 Å². The van der Waals surface area contributed by atoms with Gasteiger partial charge in [0.2, 0.25) is 5.91 Å². The van der Waals surface area contributed by atoms with Gasteiger partial charge in [0.15, 0.2) is 0 Å². The minimum Gasteiger partial charge on any atom is -0.381 e. The predicted molar refractivity (Wildman–Crippen MR) is 170 cm³/mol. The highest BCUT2D eigenvalue weighted by Gasteiger charge is 2.40. The second kappa shape index (κ2) is 12.9. The Kier molecular flexibility index (Phi) is 9.21. The number of aryl methyl sites for hydroxylation is 1. The lowest BCUT2D eigenvalue weighted by molar-refractivity contribution is -0.123. The molecule has 0 bridgehead atoms. The molecule has 6 nitrogen and oxygen atoms in total. The van der Waals surface area contributed by atoms with Gasteiger partial charge < -0.3 is 19.9 Å². The molecule has 2 fully saturated rings. The number of ether oxygens (including phenoxy) is 1. The lowest BCUT2D eigenvalue weighted by Crippen LogP contribution is -2.46. The number of halogens is 1. The van der Waals surface area contributed by atoms with Gasteiger partial charge >= 0.3 is 0 Å². The van der Waals surface area contributed by atoms with E-state index >= 15 is 4.39 Å². The Morgan fingerprint density at radius 3 is 2.35 bits per heavy atom. The molecule has 0 spiro atoms. The van der Waals surface area contributed by atoms with Crippen molar-refractivity contribution in [2.75, 3.05) is 37.0 Å². The van der Waals surface area contributed by atoms with E-state index in [1.807, 2.05) is 30.3 Å². The van der Waals surface area contributed by atoms with E-state index in [1.165, 1.54) is 6.07 Å². The third-order valence-corrected chi connectivity index (χ3v) is 9.04. The number of anilines is 2. The molecule has 2 amide bonds. The fourth-order valence-corrected chi connectivity index (χ4v) is 6.45. The number of nitrogens with zero attached hydrogens (tertiary/aromatic N) is 2. The molecule has 3 aromatic rings. The molecule has 228 valence electrons. The molecule has 2 saturated heterocycles. The molecule has 0 unspecified atom stereocenters. The minimum absolute atomic E-state index is 0.0610. The largest absolute Gasteiger partial charge is 0.381 e. The topological polar surface area (TPSA) is 61.9 Å². The molecule has 2 heterocycles. The first kappa shape index (κ1) is 30.7. The summed E-state index contributed by atoms with van der Waals surface area (Å²) in [6.45, 7) is 10.1. The van der Waals surface area contributed by atoms with E-state index in [2.05, 4.69) is 56.2 Å². The van der Waals surface area contributed by atoms with Crippen LogP contribution in [0.1, 0.15) is 79.5 Å². The smallest absolute Gasteiger partial charge is 0.257 e. The van der Waals surface area contributed by atoms with Gasteiger partial charge in [-0.1, -0.05) is 57.2 Å². The SMILES string of the molecule is Cc1cccc(F)c1C(=O)N1CCC[C@H](C(=O)Nc2cccc(C(C)(C)C)c2)[C@@H]1c1ccc(N(C)C2CCOCC2)cc1. The summed E-state index contributed by atoms with van der Waals surface area (Å²) in [4.78, 5) is 32.0. The molecule has 3 aromatic carbocycles. The van der Waals surface area contributed by atoms with Gasteiger partial charge in [-0.25, -0.2) is 4.39 Å². The molecule has 0 radical (unpaired) electrons. The third kappa shape index (κ3) is 6.77. The maximum atomic E-state index is 15.0. The second-order valence-electron chi connectivity index (χ2n) is 13.0. The number of nitrogens with one attached hydrogen (secondary N) is 1. The first-order chi connectivity index (χ1) is 20.5. The summed E-state index contributed by atoms with van der Waals surface area (Å²) in [7, 11) is 2.10. The highest BCUT2D eigenvalue weighted by Crippen LogP contribution is 2.39. The Labute approximate surface area is 255 Å². The van der Waals surface area contributed by atoms with Gasteiger partial charge in [-0.15, -0.1) is 0 Å². The molecule has 0 aliphatic carbocycles. The summed E-state index contributed by atoms with van der Waals surface area (Å²) < 4.78 is 20.6. The van der Waals surface area contributed by atoms with Gasteiger partial charge in [-0.2, -0.15) is 0 Å². The number of hydrogen-bond acceptors (Lipinski definition) is 4. The van der Waals surface area contributed by atoms with Crippen LogP contribution < -0.4 is 10.2 Å². The number of rotatable bonds is 6. The van der Waals surface area contributed by atoms with Crippen LogP contribution in [0.25, 0.3) is 0 Å². The van der Waals surface area contributed by atoms with Crippen LogP contribution >= 0.6 is 0 Å². The van der Waals surface area contributed by atoms with Crippen LogP contribution in [0.15, 0.2) is 66.7 Å². The van der Waals surface area contributed by atoms with Gasteiger partial charge in [0, 0.05) is 44.2 Å². The number of hydrogen-bond donors (Lipinski definition) is 1. The van der Waals surface area contributed by atoms with Crippen LogP contribution in [-0.4, -0.2) is 49.6 Å². The van der Waals surface area contributed by atoms with Gasteiger partial charge in [0.1, 0.15) is 5.82 Å². The Morgan fingerprint density at radius 1 is 0.977 bits per heavy atom. The van der Waals surface area contributed by atoms with Crippen molar-refractivity contribution >= 4 is 23.2 Å². The number of amides is 2. The van der Waals surface area contributed by atoms with Crippen molar-refractivity contribution in [1.82, 2.24) is 4.90 Å². The molecule has 0 saturated carbocycles. The van der Waals surface area contributed by atoms with E-state index in [9.17, 15) is 9.59 Å². The minimum atomic E-state index is -0.539. The Hall–Kier alpha value is -3.71. The quantitative estimate of drug-likeness (QED) is 0.330. The normalized spacial score (nSPS) is 19.6. The predicted octanol–water partition coefficient (Wildman–Crippen LogP) is 7.28. The van der Waals surface area contributed by atoms with E-state index in [0.29, 0.717) is 31.0 Å². The van der Waals surface area contributed by atoms with E-state index < -0.39 is 17.8 Å². The van der Waals surface area contributed by atoms with E-state index in [4.69, 9.17) is 4.74 Å². The van der Waals surface area contributed by atoms with Crippen molar-refractivity contribution in [1.29, 1.82) is 0 Å². The van der Waals surface area contributed by atoms with Crippen LogP contribution in [0.4, 0.5) is 15.8 Å². The average Bonchev–Trinajstić information content (AvgIpc) is 3.00. The van der Waals surface area contributed by atoms with Gasteiger partial charge in [-0.3, -0.25) is 9.59 Å². The standard InChI is InChI=1S/C36H44FN3O3/c1-24-9-6-13-31(37)32(24)35(42)40-20-8-12-30(34(41)38-27-11-7-10-26(23-27)36(2,3)4)33(40)25-14-16-28(17-15-25)39(5)29-18-21-43-22-19-29/h6-7,9-11,13-17,23,29-30,33H,8,12,18-22H2,1-5H3,(H,38,41)/t30-,33-/m0/s1. The van der Waals surface area contributed by atoms with E-state index in [0.717, 1.165) is 48.6 Å². The number of likely N-dealkylation sites (tertiary alicyclic amines) is 1. The number of carbonyl (C=O) groups excluding carboxylic acids is 2. The number of carbonyl (C=O) groups is 2. The van der Waals surface area contributed by atoms with Crippen LogP contribution in [0.3, 0.4) is 0 Å². The van der Waals surface area contributed by atoms with Crippen molar-refractivity contribution < 1.29 is 18.7 Å². The molecule has 2 aliphatic heterocycles. The maximum absolute atomic E-state index is 15.0. The molecule has 7 heteroatoms. The molecule has 2 aliphatic rings. The molecular formula is C36H44FN3O3. The van der Waals surface area contributed by atoms with Gasteiger partial charge in [0.25, 0.3) is 5.91 Å². The van der Waals surface area contributed by atoms with Crippen LogP contribution in [0.2, 0.25) is 0 Å². The molecule has 0 aromatic heterocycles. The fourth-order valence-electron chi connectivity index (χ4n) is 6.45. The highest BCUT2D eigenvalue weighted by molar-refractivity contribution is 5.98. The molecule has 43 heavy (non-hydrogen) atoms. The summed E-state index contributed by atoms with van der Waals surface area (Å²) in [5.74, 6) is -1.55. The zero-order valence-corrected chi connectivity index (χ0v) is 26.0. The number of benzene rings is 3. The lowest BCUT2D eigenvalue weighted by atomic mass is 9.83. The van der Waals surface area contributed by atoms with Crippen molar-refractivity contribution in [3.05, 3.63) is 94.8 Å². The third-order valence-electron chi connectivity index (χ3n) is 9.04. The summed E-state index contributed by atoms with van der Waals surface area (Å²) in [6.07, 6.45) is 3.23. The van der Waals surface area contributed by atoms with E-state index in [-0.39, 0.29) is 22.8 Å². The number of piperidine rings is 1. The summed E-state index contributed by atoms with van der Waals surface area (Å²) in [6, 6.07) is 20.7. The second-order valence-corrected chi connectivity index (χ2v) is 13.0. The Bertz CT molecular complexity index is 1420. The molecular weight excluding hydrogens is 541 g/mol. The molecule has 1 N–H and O–H groups in total. The van der Waals surface area contributed by atoms with Crippen LogP contribution in [0, 0.1) is 18.7 Å². The fraction of sp³-hybridized carbons (Fsp3) is 0.444. The first-order valence-electron chi connectivity index (χ1n) is 15.4. The Balaban J connectivity index is 1.48. The van der Waals surface area contributed by atoms with Crippen molar-refractivity contribution in [2.45, 2.75) is 70.9 Å². The summed E-state index contributed by atoms with van der Waals surface area (Å²) in [5.41, 5.74) is 4.41. The zero-order valence-electron chi connectivity index (χ0n) is 26.0. The highest BCUT2D eigenvalue weighted by atomic mass is 19.1. The average molecular weight is 586 g/mol. The zero-order chi connectivity index (χ0) is 30.7. The lowest BCUT2D eigenvalue weighted by Gasteiger charge is -2.41. The molecule has 2 atom stereocenters. The van der Waals surface area contributed by atoms with Crippen LogP contribution in [-0.2, 0) is 14.9 Å². The maximum Gasteiger partial charge on any atom is 0.257 e. The Morgan fingerprint density at radius 2 is 1.67 bits per heavy atom. The van der Waals surface area contributed by atoms with E-state index in [1.54, 1.807) is 24.0 Å². The van der Waals surface area contributed by atoms with Crippen molar-refractivity contribution in [3.8, 4) is 0 Å². The molecule has 5 rings (SSSR count). The first-order valence-corrected chi connectivity index (χ1v) is 15.4. The van der Waals surface area contributed by atoms with Crippen molar-refractivity contribution in [2.24, 2.45) is 5.92 Å². The van der Waals surface area contributed by atoms with Gasteiger partial charge in [-0.05, 0) is 85.0 Å². The summed E-state index contributed by atoms with van der Waals surface area (Å²) >= 11 is 0. The van der Waals surface area contributed by atoms with Gasteiger partial charge in [0.05, 0.1) is 17.5 Å². The summed E-state index contributed by atoms with van der Waals surface area (Å²) in [5, 5.41) is 3.15. The monoisotopic (exact) mass is 585 g/mol.